The van der Waals surface area contributed by atoms with E-state index in [4.69, 9.17) is 4.74 Å². The standard InChI is InChI=1S/C21H23N3O2S/c1-4-12-26-17-10-11-18-19(14-22)21(24(5-2)20(18)13-17)15-6-8-16(9-7-15)23-27(3)25/h6-11,13,23H,4-5,12H2,1-3H3. The number of fused-ring (bicyclic) bond motifs is 1. The van der Waals surface area contributed by atoms with Crippen LogP contribution < -0.4 is 9.46 Å². The number of hydrogen-bond donors (Lipinski definition) is 1. The Labute approximate surface area is 162 Å². The molecule has 0 amide bonds. The largest absolute Gasteiger partial charge is 0.494 e. The summed E-state index contributed by atoms with van der Waals surface area (Å²) in [5.74, 6) is 0.817. The molecule has 1 aromatic heterocycles. The molecular weight excluding hydrogens is 358 g/mol. The minimum atomic E-state index is -1.12. The predicted octanol–water partition coefficient (Wildman–Crippen LogP) is 4.69. The van der Waals surface area contributed by atoms with Crippen LogP contribution in [0.5, 0.6) is 5.75 Å². The van der Waals surface area contributed by atoms with Crippen molar-refractivity contribution in [2.75, 3.05) is 17.6 Å². The highest BCUT2D eigenvalue weighted by molar-refractivity contribution is 7.85. The van der Waals surface area contributed by atoms with E-state index in [1.165, 1.54) is 0 Å². The molecule has 1 unspecified atom stereocenters. The van der Waals surface area contributed by atoms with Crippen LogP contribution in [0, 0.1) is 11.3 Å². The summed E-state index contributed by atoms with van der Waals surface area (Å²) in [6.07, 6.45) is 2.54. The van der Waals surface area contributed by atoms with E-state index in [0.717, 1.165) is 46.6 Å². The molecule has 5 nitrogen and oxygen atoms in total. The van der Waals surface area contributed by atoms with Crippen molar-refractivity contribution >= 4 is 27.6 Å². The Morgan fingerprint density at radius 1 is 1.19 bits per heavy atom. The first-order valence-corrected chi connectivity index (χ1v) is 10.5. The molecular formula is C21H23N3O2S. The van der Waals surface area contributed by atoms with E-state index < -0.39 is 11.0 Å². The number of rotatable bonds is 7. The monoisotopic (exact) mass is 381 g/mol. The maximum atomic E-state index is 11.3. The van der Waals surface area contributed by atoms with Crippen molar-refractivity contribution in [1.82, 2.24) is 4.57 Å². The average Bonchev–Trinajstić information content (AvgIpc) is 2.99. The summed E-state index contributed by atoms with van der Waals surface area (Å²) in [7, 11) is -1.12. The zero-order valence-corrected chi connectivity index (χ0v) is 16.6. The Kier molecular flexibility index (Phi) is 5.82. The molecule has 0 spiro atoms. The second-order valence-corrected chi connectivity index (χ2v) is 7.35. The van der Waals surface area contributed by atoms with Gasteiger partial charge < -0.3 is 14.0 Å². The summed E-state index contributed by atoms with van der Waals surface area (Å²) < 4.78 is 22.1. The van der Waals surface area contributed by atoms with Gasteiger partial charge in [-0.15, -0.1) is 0 Å². The average molecular weight is 382 g/mol. The van der Waals surface area contributed by atoms with Crippen LogP contribution in [0.25, 0.3) is 22.2 Å². The summed E-state index contributed by atoms with van der Waals surface area (Å²) in [5, 5.41) is 10.7. The van der Waals surface area contributed by atoms with E-state index in [9.17, 15) is 9.47 Å². The molecule has 3 rings (SSSR count). The van der Waals surface area contributed by atoms with Crippen molar-refractivity contribution in [3.05, 3.63) is 48.0 Å². The molecule has 0 bridgehead atoms. The highest BCUT2D eigenvalue weighted by Crippen LogP contribution is 2.35. The van der Waals surface area contributed by atoms with Crippen LogP contribution in [-0.4, -0.2) is 21.6 Å². The first-order chi connectivity index (χ1) is 13.1. The Morgan fingerprint density at radius 2 is 1.93 bits per heavy atom. The van der Waals surface area contributed by atoms with Crippen LogP contribution in [0.3, 0.4) is 0 Å². The SMILES string of the molecule is CCCOc1ccc2c(C#N)c(-c3ccc(NS(C)=O)cc3)n(CC)c2c1. The number of nitrogens with one attached hydrogen (secondary N) is 1. The van der Waals surface area contributed by atoms with E-state index >= 15 is 0 Å². The quantitative estimate of drug-likeness (QED) is 0.645. The van der Waals surface area contributed by atoms with Gasteiger partial charge in [0.05, 0.1) is 23.4 Å². The lowest BCUT2D eigenvalue weighted by atomic mass is 10.1. The van der Waals surface area contributed by atoms with Gasteiger partial charge in [0, 0.05) is 29.9 Å². The molecule has 3 aromatic rings. The van der Waals surface area contributed by atoms with Gasteiger partial charge >= 0.3 is 0 Å². The van der Waals surface area contributed by atoms with Crippen LogP contribution in [0.4, 0.5) is 5.69 Å². The fourth-order valence-corrected chi connectivity index (χ4v) is 3.71. The fourth-order valence-electron chi connectivity index (χ4n) is 3.24. The second-order valence-electron chi connectivity index (χ2n) is 6.24. The smallest absolute Gasteiger partial charge is 0.121 e. The highest BCUT2D eigenvalue weighted by Gasteiger charge is 2.18. The molecule has 2 aromatic carbocycles. The van der Waals surface area contributed by atoms with Gasteiger partial charge in [-0.2, -0.15) is 5.26 Å². The summed E-state index contributed by atoms with van der Waals surface area (Å²) in [6.45, 7) is 5.55. The molecule has 0 aliphatic heterocycles. The van der Waals surface area contributed by atoms with E-state index in [1.54, 1.807) is 6.26 Å². The van der Waals surface area contributed by atoms with Crippen molar-refractivity contribution in [2.45, 2.75) is 26.8 Å². The van der Waals surface area contributed by atoms with Crippen LogP contribution in [0.15, 0.2) is 42.5 Å². The van der Waals surface area contributed by atoms with Crippen LogP contribution >= 0.6 is 0 Å². The molecule has 6 heteroatoms. The molecule has 0 aliphatic rings. The van der Waals surface area contributed by atoms with Gasteiger partial charge in [-0.05, 0) is 43.2 Å². The van der Waals surface area contributed by atoms with Crippen molar-refractivity contribution in [1.29, 1.82) is 5.26 Å². The lowest BCUT2D eigenvalue weighted by molar-refractivity contribution is 0.318. The number of hydrogen-bond acceptors (Lipinski definition) is 3. The maximum Gasteiger partial charge on any atom is 0.121 e. The van der Waals surface area contributed by atoms with Crippen LogP contribution in [0.2, 0.25) is 0 Å². The summed E-state index contributed by atoms with van der Waals surface area (Å²) >= 11 is 0. The summed E-state index contributed by atoms with van der Waals surface area (Å²) in [4.78, 5) is 0. The van der Waals surface area contributed by atoms with E-state index in [1.807, 2.05) is 42.5 Å². The number of benzene rings is 2. The number of nitrogens with zero attached hydrogens (tertiary/aromatic N) is 2. The molecule has 0 saturated carbocycles. The topological polar surface area (TPSA) is 67.0 Å². The Balaban J connectivity index is 2.13. The van der Waals surface area contributed by atoms with Gasteiger partial charge in [0.15, 0.2) is 0 Å². The van der Waals surface area contributed by atoms with Crippen molar-refractivity contribution in [3.8, 4) is 23.1 Å². The van der Waals surface area contributed by atoms with Crippen molar-refractivity contribution in [3.63, 3.8) is 0 Å². The number of aryl methyl sites for hydroxylation is 1. The first kappa shape index (κ1) is 19.0. The van der Waals surface area contributed by atoms with Gasteiger partial charge in [0.1, 0.15) is 22.8 Å². The number of aromatic nitrogens is 1. The van der Waals surface area contributed by atoms with Gasteiger partial charge in [-0.3, -0.25) is 0 Å². The number of nitriles is 1. The molecule has 0 fully saturated rings. The third kappa shape index (κ3) is 3.83. The van der Waals surface area contributed by atoms with E-state index in [2.05, 4.69) is 29.2 Å². The molecule has 0 aliphatic carbocycles. The summed E-state index contributed by atoms with van der Waals surface area (Å²) in [5.41, 5.74) is 4.29. The van der Waals surface area contributed by atoms with E-state index in [0.29, 0.717) is 12.2 Å². The Hall–Kier alpha value is -2.78. The molecule has 0 radical (unpaired) electrons. The maximum absolute atomic E-state index is 11.3. The normalized spacial score (nSPS) is 11.9. The molecule has 1 N–H and O–H groups in total. The van der Waals surface area contributed by atoms with Gasteiger partial charge in [0.25, 0.3) is 0 Å². The molecule has 0 saturated heterocycles. The van der Waals surface area contributed by atoms with Crippen LogP contribution in [-0.2, 0) is 17.5 Å². The first-order valence-electron chi connectivity index (χ1n) is 8.98. The lowest BCUT2D eigenvalue weighted by Gasteiger charge is -2.10. The molecule has 140 valence electrons. The summed E-state index contributed by atoms with van der Waals surface area (Å²) in [6, 6.07) is 15.9. The van der Waals surface area contributed by atoms with Gasteiger partial charge in [0.2, 0.25) is 0 Å². The Morgan fingerprint density at radius 3 is 2.52 bits per heavy atom. The minimum Gasteiger partial charge on any atom is -0.494 e. The molecule has 1 atom stereocenters. The van der Waals surface area contributed by atoms with Crippen molar-refractivity contribution in [2.24, 2.45) is 0 Å². The molecule has 27 heavy (non-hydrogen) atoms. The molecule has 1 heterocycles. The zero-order valence-electron chi connectivity index (χ0n) is 15.8. The predicted molar refractivity (Wildman–Crippen MR) is 111 cm³/mol. The Bertz CT molecular complexity index is 1020. The lowest BCUT2D eigenvalue weighted by Crippen LogP contribution is -2.01. The third-order valence-corrected chi connectivity index (χ3v) is 4.88. The highest BCUT2D eigenvalue weighted by atomic mass is 32.2. The zero-order chi connectivity index (χ0) is 19.4. The second kappa shape index (κ2) is 8.28. The third-order valence-electron chi connectivity index (χ3n) is 4.36. The van der Waals surface area contributed by atoms with E-state index in [-0.39, 0.29) is 0 Å². The van der Waals surface area contributed by atoms with Crippen LogP contribution in [0.1, 0.15) is 25.8 Å². The number of ether oxygens (including phenoxy) is 1. The van der Waals surface area contributed by atoms with Gasteiger partial charge in [-0.25, -0.2) is 4.21 Å². The minimum absolute atomic E-state index is 0.661. The van der Waals surface area contributed by atoms with Gasteiger partial charge in [-0.1, -0.05) is 19.1 Å². The number of anilines is 1. The fraction of sp³-hybridized carbons (Fsp3) is 0.286. The van der Waals surface area contributed by atoms with Crippen molar-refractivity contribution < 1.29 is 8.95 Å².